The number of anilines is 3. The van der Waals surface area contributed by atoms with Crippen molar-refractivity contribution in [3.05, 3.63) is 255 Å². The second kappa shape index (κ2) is 16.1. The summed E-state index contributed by atoms with van der Waals surface area (Å²) in [4.78, 5) is 2.43. The third-order valence-electron chi connectivity index (χ3n) is 12.0. The molecule has 0 aliphatic heterocycles. The van der Waals surface area contributed by atoms with Crippen LogP contribution in [0, 0.1) is 0 Å². The Morgan fingerprint density at radius 3 is 1.34 bits per heavy atom. The van der Waals surface area contributed by atoms with E-state index in [4.69, 9.17) is 0 Å². The molecule has 62 heavy (non-hydrogen) atoms. The van der Waals surface area contributed by atoms with Gasteiger partial charge in [-0.15, -0.1) is 0 Å². The highest BCUT2D eigenvalue weighted by atomic mass is 15.1. The van der Waals surface area contributed by atoms with Crippen molar-refractivity contribution in [1.29, 1.82) is 0 Å². The number of hydrogen-bond acceptors (Lipinski definition) is 1. The van der Waals surface area contributed by atoms with E-state index in [1.54, 1.807) is 0 Å². The highest BCUT2D eigenvalue weighted by Crippen LogP contribution is 2.46. The van der Waals surface area contributed by atoms with Gasteiger partial charge in [0.1, 0.15) is 0 Å². The van der Waals surface area contributed by atoms with Crippen LogP contribution in [-0.4, -0.2) is 4.57 Å². The number of para-hydroxylation sites is 2. The van der Waals surface area contributed by atoms with Crippen LogP contribution in [0.4, 0.5) is 17.1 Å². The molecule has 0 spiro atoms. The standard InChI is InChI=1S/C60H42N2/c1-5-19-43(20-6-1)47-35-40-59(57(41-47)45-23-9-3-10-24-45)61(50-38-39-56-55-31-17-18-32-58(55)62(60(56)42-50)48-25-11-4-12-26-48)49-36-33-46(34-37-49)52-28-14-16-30-54(52)53-29-15-13-27-51(53)44-21-7-2-8-22-44/h1-42H. The van der Waals surface area contributed by atoms with E-state index >= 15 is 0 Å². The smallest absolute Gasteiger partial charge is 0.0561 e. The van der Waals surface area contributed by atoms with Gasteiger partial charge >= 0.3 is 0 Å². The van der Waals surface area contributed by atoms with Crippen molar-refractivity contribution in [3.63, 3.8) is 0 Å². The molecule has 0 aliphatic rings. The Bertz CT molecular complexity index is 3310. The first-order valence-electron chi connectivity index (χ1n) is 21.3. The van der Waals surface area contributed by atoms with Crippen LogP contribution in [0.3, 0.4) is 0 Å². The molecule has 0 N–H and O–H groups in total. The Morgan fingerprint density at radius 2 is 0.710 bits per heavy atom. The number of benzene rings is 10. The molecule has 0 saturated carbocycles. The number of hydrogen-bond donors (Lipinski definition) is 0. The SMILES string of the molecule is c1ccc(-c2ccc(N(c3ccc(-c4ccccc4-c4ccccc4-c4ccccc4)cc3)c3ccc4c5ccccc5n(-c5ccccc5)c4c3)c(-c3ccccc3)c2)cc1. The van der Waals surface area contributed by atoms with Gasteiger partial charge in [0.15, 0.2) is 0 Å². The van der Waals surface area contributed by atoms with Crippen LogP contribution in [0.15, 0.2) is 255 Å². The Balaban J connectivity index is 1.11. The van der Waals surface area contributed by atoms with Crippen LogP contribution in [0.2, 0.25) is 0 Å². The highest BCUT2D eigenvalue weighted by molar-refractivity contribution is 6.10. The van der Waals surface area contributed by atoms with E-state index in [0.717, 1.165) is 45.0 Å². The van der Waals surface area contributed by atoms with Crippen molar-refractivity contribution >= 4 is 38.9 Å². The predicted octanol–water partition coefficient (Wildman–Crippen LogP) is 16.6. The molecule has 0 saturated heterocycles. The number of aromatic nitrogens is 1. The molecule has 0 amide bonds. The molecule has 10 aromatic carbocycles. The van der Waals surface area contributed by atoms with E-state index in [9.17, 15) is 0 Å². The summed E-state index contributed by atoms with van der Waals surface area (Å²) in [5.41, 5.74) is 18.6. The predicted molar refractivity (Wildman–Crippen MR) is 263 cm³/mol. The molecule has 11 aromatic rings. The molecule has 1 heterocycles. The highest BCUT2D eigenvalue weighted by Gasteiger charge is 2.21. The van der Waals surface area contributed by atoms with Crippen molar-refractivity contribution in [3.8, 4) is 61.3 Å². The average Bonchev–Trinajstić information content (AvgIpc) is 3.69. The van der Waals surface area contributed by atoms with Crippen LogP contribution < -0.4 is 4.90 Å². The van der Waals surface area contributed by atoms with Crippen molar-refractivity contribution in [2.24, 2.45) is 0 Å². The molecule has 0 bridgehead atoms. The largest absolute Gasteiger partial charge is 0.310 e. The summed E-state index contributed by atoms with van der Waals surface area (Å²) in [7, 11) is 0. The van der Waals surface area contributed by atoms with Gasteiger partial charge in [0.2, 0.25) is 0 Å². The zero-order valence-electron chi connectivity index (χ0n) is 34.1. The minimum absolute atomic E-state index is 1.07. The fourth-order valence-corrected chi connectivity index (χ4v) is 9.12. The first-order valence-corrected chi connectivity index (χ1v) is 21.3. The van der Waals surface area contributed by atoms with Gasteiger partial charge in [-0.2, -0.15) is 0 Å². The Labute approximate surface area is 362 Å². The molecular weight excluding hydrogens is 749 g/mol. The lowest BCUT2D eigenvalue weighted by molar-refractivity contribution is 1.18. The van der Waals surface area contributed by atoms with Gasteiger partial charge in [0.05, 0.1) is 16.7 Å². The fourth-order valence-electron chi connectivity index (χ4n) is 9.12. The fraction of sp³-hybridized carbons (Fsp3) is 0. The van der Waals surface area contributed by atoms with Gasteiger partial charge in [-0.25, -0.2) is 0 Å². The van der Waals surface area contributed by atoms with Crippen LogP contribution in [0.25, 0.3) is 83.1 Å². The Morgan fingerprint density at radius 1 is 0.258 bits per heavy atom. The molecule has 0 radical (unpaired) electrons. The topological polar surface area (TPSA) is 8.17 Å². The summed E-state index contributed by atoms with van der Waals surface area (Å²) in [5, 5.41) is 2.46. The number of rotatable bonds is 9. The van der Waals surface area contributed by atoms with Gasteiger partial charge in [-0.05, 0) is 105 Å². The van der Waals surface area contributed by atoms with E-state index < -0.39 is 0 Å². The summed E-state index contributed by atoms with van der Waals surface area (Å²) in [6.07, 6.45) is 0. The second-order valence-corrected chi connectivity index (χ2v) is 15.7. The number of nitrogens with zero attached hydrogens (tertiary/aromatic N) is 2. The molecule has 0 unspecified atom stereocenters. The van der Waals surface area contributed by atoms with Crippen molar-refractivity contribution in [2.75, 3.05) is 4.90 Å². The minimum Gasteiger partial charge on any atom is -0.310 e. The summed E-state index contributed by atoms with van der Waals surface area (Å²) >= 11 is 0. The van der Waals surface area contributed by atoms with Crippen molar-refractivity contribution < 1.29 is 0 Å². The summed E-state index contributed by atoms with van der Waals surface area (Å²) in [6.45, 7) is 0. The van der Waals surface area contributed by atoms with Gasteiger partial charge < -0.3 is 9.47 Å². The molecule has 0 atom stereocenters. The van der Waals surface area contributed by atoms with Crippen molar-refractivity contribution in [1.82, 2.24) is 4.57 Å². The average molecular weight is 791 g/mol. The molecule has 292 valence electrons. The molecule has 2 heteroatoms. The maximum Gasteiger partial charge on any atom is 0.0561 e. The third-order valence-corrected chi connectivity index (χ3v) is 12.0. The number of fused-ring (bicyclic) bond motifs is 3. The van der Waals surface area contributed by atoms with Gasteiger partial charge in [0, 0.05) is 33.4 Å². The lowest BCUT2D eigenvalue weighted by Crippen LogP contribution is -2.11. The Hall–Kier alpha value is -8.20. The van der Waals surface area contributed by atoms with Crippen LogP contribution in [-0.2, 0) is 0 Å². The maximum atomic E-state index is 2.43. The third kappa shape index (κ3) is 6.74. The minimum atomic E-state index is 1.07. The van der Waals surface area contributed by atoms with E-state index in [1.165, 1.54) is 55.2 Å². The lowest BCUT2D eigenvalue weighted by atomic mass is 9.89. The second-order valence-electron chi connectivity index (χ2n) is 15.7. The van der Waals surface area contributed by atoms with Gasteiger partial charge in [-0.3, -0.25) is 0 Å². The first kappa shape index (κ1) is 36.8. The Kier molecular flexibility index (Phi) is 9.57. The van der Waals surface area contributed by atoms with Crippen LogP contribution >= 0.6 is 0 Å². The van der Waals surface area contributed by atoms with Crippen LogP contribution in [0.1, 0.15) is 0 Å². The zero-order chi connectivity index (χ0) is 41.2. The lowest BCUT2D eigenvalue weighted by Gasteiger charge is -2.29. The van der Waals surface area contributed by atoms with E-state index in [2.05, 4.69) is 264 Å². The normalized spacial score (nSPS) is 11.2. The van der Waals surface area contributed by atoms with E-state index in [0.29, 0.717) is 0 Å². The van der Waals surface area contributed by atoms with Gasteiger partial charge in [0.25, 0.3) is 0 Å². The summed E-state index contributed by atoms with van der Waals surface area (Å²) in [5.74, 6) is 0. The molecule has 11 rings (SSSR count). The molecule has 0 fully saturated rings. The zero-order valence-corrected chi connectivity index (χ0v) is 34.1. The molecule has 0 aliphatic carbocycles. The monoisotopic (exact) mass is 790 g/mol. The molecular formula is C60H42N2. The van der Waals surface area contributed by atoms with E-state index in [-0.39, 0.29) is 0 Å². The quantitative estimate of drug-likeness (QED) is 0.141. The summed E-state index contributed by atoms with van der Waals surface area (Å²) in [6, 6.07) is 92.1. The van der Waals surface area contributed by atoms with Crippen molar-refractivity contribution in [2.45, 2.75) is 0 Å². The van der Waals surface area contributed by atoms with Crippen LogP contribution in [0.5, 0.6) is 0 Å². The first-order chi connectivity index (χ1) is 30.8. The maximum absolute atomic E-state index is 2.43. The molecule has 2 nitrogen and oxygen atoms in total. The van der Waals surface area contributed by atoms with Gasteiger partial charge in [-0.1, -0.05) is 200 Å². The summed E-state index contributed by atoms with van der Waals surface area (Å²) < 4.78 is 2.40. The van der Waals surface area contributed by atoms with E-state index in [1.807, 2.05) is 0 Å². The molecule has 1 aromatic heterocycles.